The average molecular weight is 156 g/mol. The molecule has 0 aromatic heterocycles. The normalized spacial score (nSPS) is 17.8. The number of nitrogens with zero attached hydrogens (tertiary/aromatic N) is 2. The van der Waals surface area contributed by atoms with Crippen LogP contribution in [-0.4, -0.2) is 48.3 Å². The number of likely N-dealkylation sites (N-methyl/N-ethyl adjacent to an activating group) is 1. The largest absolute Gasteiger partial charge is 0.326 e. The first kappa shape index (κ1) is 8.04. The summed E-state index contributed by atoms with van der Waals surface area (Å²) in [7, 11) is 1.74. The third kappa shape index (κ3) is 1.69. The molecular weight excluding hydrogens is 144 g/mol. The Balaban J connectivity index is 2.49. The number of urea groups is 1. The summed E-state index contributed by atoms with van der Waals surface area (Å²) in [5, 5.41) is 0. The standard InChI is InChI=1S/C7H12N2O2/c1-6(10)5-9-4-3-8(2)7(9)11/h3-5H2,1-2H3. The Bertz CT molecular complexity index is 191. The third-order valence-electron chi connectivity index (χ3n) is 1.72. The van der Waals surface area contributed by atoms with Crippen LogP contribution in [0.4, 0.5) is 4.79 Å². The molecule has 0 aliphatic carbocycles. The van der Waals surface area contributed by atoms with Gasteiger partial charge in [-0.15, -0.1) is 0 Å². The number of amides is 2. The van der Waals surface area contributed by atoms with Crippen molar-refractivity contribution in [3.05, 3.63) is 0 Å². The van der Waals surface area contributed by atoms with Crippen molar-refractivity contribution in [2.45, 2.75) is 6.92 Å². The maximum atomic E-state index is 11.1. The van der Waals surface area contributed by atoms with Crippen molar-refractivity contribution in [3.8, 4) is 0 Å². The SMILES string of the molecule is CC(=O)CN1CCN(C)C1=O. The highest BCUT2D eigenvalue weighted by atomic mass is 16.2. The van der Waals surface area contributed by atoms with Gasteiger partial charge in [-0.2, -0.15) is 0 Å². The van der Waals surface area contributed by atoms with Gasteiger partial charge in [-0.1, -0.05) is 0 Å². The molecule has 1 aliphatic rings. The van der Waals surface area contributed by atoms with E-state index in [2.05, 4.69) is 0 Å². The minimum atomic E-state index is -0.0415. The molecule has 1 fully saturated rings. The predicted molar refractivity (Wildman–Crippen MR) is 40.3 cm³/mol. The molecule has 0 aromatic carbocycles. The van der Waals surface area contributed by atoms with Crippen molar-refractivity contribution in [2.24, 2.45) is 0 Å². The van der Waals surface area contributed by atoms with Crippen molar-refractivity contribution in [1.82, 2.24) is 9.80 Å². The molecule has 0 spiro atoms. The number of carbonyl (C=O) groups is 2. The maximum absolute atomic E-state index is 11.1. The highest BCUT2D eigenvalue weighted by molar-refractivity contribution is 5.84. The summed E-state index contributed by atoms with van der Waals surface area (Å²) in [6.45, 7) is 3.15. The van der Waals surface area contributed by atoms with Crippen LogP contribution in [0.1, 0.15) is 6.92 Å². The van der Waals surface area contributed by atoms with Gasteiger partial charge in [0.25, 0.3) is 0 Å². The first-order chi connectivity index (χ1) is 5.11. The quantitative estimate of drug-likeness (QED) is 0.562. The van der Waals surface area contributed by atoms with Crippen LogP contribution in [0.25, 0.3) is 0 Å². The van der Waals surface area contributed by atoms with Gasteiger partial charge in [-0.3, -0.25) is 4.79 Å². The van der Waals surface area contributed by atoms with E-state index in [0.29, 0.717) is 6.54 Å². The minimum Gasteiger partial charge on any atom is -0.326 e. The van der Waals surface area contributed by atoms with Crippen molar-refractivity contribution in [3.63, 3.8) is 0 Å². The topological polar surface area (TPSA) is 40.6 Å². The number of carbonyl (C=O) groups excluding carboxylic acids is 2. The summed E-state index contributed by atoms with van der Waals surface area (Å²) in [6.07, 6.45) is 0. The summed E-state index contributed by atoms with van der Waals surface area (Å²) >= 11 is 0. The summed E-state index contributed by atoms with van der Waals surface area (Å²) in [4.78, 5) is 25.0. The van der Waals surface area contributed by atoms with E-state index < -0.39 is 0 Å². The van der Waals surface area contributed by atoms with Crippen molar-refractivity contribution in [2.75, 3.05) is 26.7 Å². The molecule has 0 aromatic rings. The van der Waals surface area contributed by atoms with E-state index in [1.165, 1.54) is 6.92 Å². The summed E-state index contributed by atoms with van der Waals surface area (Å²) < 4.78 is 0. The molecule has 0 radical (unpaired) electrons. The first-order valence-electron chi connectivity index (χ1n) is 3.60. The molecule has 4 heteroatoms. The fraction of sp³-hybridized carbons (Fsp3) is 0.714. The van der Waals surface area contributed by atoms with E-state index >= 15 is 0 Å². The number of Topliss-reactive ketones (excluding diaryl/α,β-unsaturated/α-hetero) is 1. The number of rotatable bonds is 2. The minimum absolute atomic E-state index is 0.0358. The second kappa shape index (κ2) is 2.90. The Morgan fingerprint density at radius 3 is 2.55 bits per heavy atom. The number of hydrogen-bond donors (Lipinski definition) is 0. The Hall–Kier alpha value is -1.06. The van der Waals surface area contributed by atoms with Crippen molar-refractivity contribution >= 4 is 11.8 Å². The van der Waals surface area contributed by atoms with Gasteiger partial charge in [-0.25, -0.2) is 4.79 Å². The zero-order chi connectivity index (χ0) is 8.43. The smallest absolute Gasteiger partial charge is 0.320 e. The van der Waals surface area contributed by atoms with E-state index in [0.717, 1.165) is 6.54 Å². The lowest BCUT2D eigenvalue weighted by atomic mass is 10.4. The second-order valence-electron chi connectivity index (χ2n) is 2.83. The molecule has 0 atom stereocenters. The Morgan fingerprint density at radius 1 is 1.55 bits per heavy atom. The van der Waals surface area contributed by atoms with Gasteiger partial charge in [0.15, 0.2) is 0 Å². The van der Waals surface area contributed by atoms with E-state index in [9.17, 15) is 9.59 Å². The van der Waals surface area contributed by atoms with Crippen LogP contribution in [0.5, 0.6) is 0 Å². The van der Waals surface area contributed by atoms with Crippen LogP contribution < -0.4 is 0 Å². The second-order valence-corrected chi connectivity index (χ2v) is 2.83. The van der Waals surface area contributed by atoms with Crippen LogP contribution >= 0.6 is 0 Å². The number of hydrogen-bond acceptors (Lipinski definition) is 2. The van der Waals surface area contributed by atoms with E-state index in [-0.39, 0.29) is 18.4 Å². The first-order valence-corrected chi connectivity index (χ1v) is 3.60. The van der Waals surface area contributed by atoms with Gasteiger partial charge < -0.3 is 9.80 Å². The molecule has 62 valence electrons. The van der Waals surface area contributed by atoms with E-state index in [1.807, 2.05) is 0 Å². The molecule has 4 nitrogen and oxygen atoms in total. The van der Waals surface area contributed by atoms with Crippen LogP contribution in [0, 0.1) is 0 Å². The van der Waals surface area contributed by atoms with Gasteiger partial charge in [0.1, 0.15) is 5.78 Å². The molecule has 0 N–H and O–H groups in total. The Morgan fingerprint density at radius 2 is 2.18 bits per heavy atom. The molecule has 1 saturated heterocycles. The van der Waals surface area contributed by atoms with E-state index in [4.69, 9.17) is 0 Å². The zero-order valence-corrected chi connectivity index (χ0v) is 6.83. The molecule has 0 unspecified atom stereocenters. The van der Waals surface area contributed by atoms with Gasteiger partial charge in [0.2, 0.25) is 0 Å². The Kier molecular flexibility index (Phi) is 2.12. The molecule has 1 rings (SSSR count). The maximum Gasteiger partial charge on any atom is 0.320 e. The number of ketones is 1. The van der Waals surface area contributed by atoms with Crippen LogP contribution in [0.3, 0.4) is 0 Å². The monoisotopic (exact) mass is 156 g/mol. The van der Waals surface area contributed by atoms with Crippen LogP contribution in [-0.2, 0) is 4.79 Å². The van der Waals surface area contributed by atoms with E-state index in [1.54, 1.807) is 16.8 Å². The third-order valence-corrected chi connectivity index (χ3v) is 1.72. The van der Waals surface area contributed by atoms with Gasteiger partial charge >= 0.3 is 6.03 Å². The van der Waals surface area contributed by atoms with Crippen molar-refractivity contribution < 1.29 is 9.59 Å². The molecular formula is C7H12N2O2. The highest BCUT2D eigenvalue weighted by Gasteiger charge is 2.25. The molecule has 0 bridgehead atoms. The lowest BCUT2D eigenvalue weighted by Gasteiger charge is -2.13. The summed E-state index contributed by atoms with van der Waals surface area (Å²) in [5.74, 6) is 0.0358. The molecule has 0 saturated carbocycles. The van der Waals surface area contributed by atoms with Gasteiger partial charge in [-0.05, 0) is 6.92 Å². The fourth-order valence-corrected chi connectivity index (χ4v) is 1.12. The predicted octanol–water partition coefficient (Wildman–Crippen LogP) is -0.0572. The molecule has 11 heavy (non-hydrogen) atoms. The molecule has 1 aliphatic heterocycles. The lowest BCUT2D eigenvalue weighted by Crippen LogP contribution is -2.32. The molecule has 1 heterocycles. The van der Waals surface area contributed by atoms with Gasteiger partial charge in [0.05, 0.1) is 6.54 Å². The molecule has 2 amide bonds. The van der Waals surface area contributed by atoms with Crippen LogP contribution in [0.15, 0.2) is 0 Å². The van der Waals surface area contributed by atoms with Crippen LogP contribution in [0.2, 0.25) is 0 Å². The average Bonchev–Trinajstić information content (AvgIpc) is 2.18. The Labute approximate surface area is 65.8 Å². The zero-order valence-electron chi connectivity index (χ0n) is 6.83. The lowest BCUT2D eigenvalue weighted by molar-refractivity contribution is -0.117. The van der Waals surface area contributed by atoms with Crippen molar-refractivity contribution in [1.29, 1.82) is 0 Å². The highest BCUT2D eigenvalue weighted by Crippen LogP contribution is 2.04. The van der Waals surface area contributed by atoms with Gasteiger partial charge in [0, 0.05) is 20.1 Å². The summed E-state index contributed by atoms with van der Waals surface area (Å²) in [5.41, 5.74) is 0. The fourth-order valence-electron chi connectivity index (χ4n) is 1.12. The summed E-state index contributed by atoms with van der Waals surface area (Å²) in [6, 6.07) is -0.0415.